The van der Waals surface area contributed by atoms with Crippen molar-refractivity contribution in [3.05, 3.63) is 0 Å². The van der Waals surface area contributed by atoms with E-state index in [1.54, 1.807) is 20.8 Å². The normalized spacial score (nSPS) is 15.5. The number of nitrogens with one attached hydrogen (secondary N) is 1. The van der Waals surface area contributed by atoms with Gasteiger partial charge in [0.05, 0.1) is 31.5 Å². The number of carbonyl (C=O) groups is 4. The Balaban J connectivity index is 2.30. The second-order valence-electron chi connectivity index (χ2n) is 9.04. The molecule has 0 bridgehead atoms. The van der Waals surface area contributed by atoms with Gasteiger partial charge in [-0.3, -0.25) is 14.4 Å². The molecule has 202 valence electrons. The first-order valence-electron chi connectivity index (χ1n) is 11.2. The van der Waals surface area contributed by atoms with Crippen LogP contribution in [0.4, 0.5) is 5.82 Å². The number of morpholine rings is 1. The molecule has 2 heterocycles. The number of rotatable bonds is 12. The van der Waals surface area contributed by atoms with Crippen LogP contribution in [-0.2, 0) is 28.7 Å². The Morgan fingerprint density at radius 3 is 2.47 bits per heavy atom. The standard InChI is InChI=1S/C21H32ClN5O8S/c1-13(28)34-12-16(30)27(21(2,3)4)10-14(17(20(31)32)23-15(29)9-22)11-35-19-18(24-36-25-19)26-5-7-33-8-6-26/h14,17H,5-12H2,1-4H3,(H,23,29)(H,31,32)/t14?,17-/m0/s1. The van der Waals surface area contributed by atoms with Crippen molar-refractivity contribution in [1.29, 1.82) is 0 Å². The highest BCUT2D eigenvalue weighted by atomic mass is 35.5. The monoisotopic (exact) mass is 549 g/mol. The third-order valence-corrected chi connectivity index (χ3v) is 6.03. The lowest BCUT2D eigenvalue weighted by Crippen LogP contribution is -2.56. The maximum Gasteiger partial charge on any atom is 0.326 e. The Morgan fingerprint density at radius 2 is 1.92 bits per heavy atom. The third kappa shape index (κ3) is 8.75. The number of carboxylic acid groups (broad SMARTS) is 1. The zero-order chi connectivity index (χ0) is 26.9. The zero-order valence-corrected chi connectivity index (χ0v) is 22.3. The first-order chi connectivity index (χ1) is 16.9. The Bertz CT molecular complexity index is 918. The van der Waals surface area contributed by atoms with Crippen LogP contribution in [-0.4, -0.2) is 106 Å². The maximum atomic E-state index is 12.9. The van der Waals surface area contributed by atoms with Gasteiger partial charge >= 0.3 is 11.9 Å². The van der Waals surface area contributed by atoms with Crippen LogP contribution in [0.15, 0.2) is 0 Å². The van der Waals surface area contributed by atoms with E-state index in [4.69, 9.17) is 25.8 Å². The number of esters is 1. The number of hydrogen-bond acceptors (Lipinski definition) is 11. The Kier molecular flexibility index (Phi) is 11.1. The highest BCUT2D eigenvalue weighted by molar-refractivity contribution is 6.99. The topological polar surface area (TPSA) is 160 Å². The van der Waals surface area contributed by atoms with Crippen molar-refractivity contribution in [2.75, 3.05) is 56.8 Å². The van der Waals surface area contributed by atoms with Crippen molar-refractivity contribution in [2.24, 2.45) is 5.92 Å². The van der Waals surface area contributed by atoms with E-state index in [1.165, 1.54) is 11.8 Å². The number of hydrogen-bond donors (Lipinski definition) is 2. The van der Waals surface area contributed by atoms with Crippen LogP contribution in [0.5, 0.6) is 5.88 Å². The van der Waals surface area contributed by atoms with E-state index in [2.05, 4.69) is 14.1 Å². The Morgan fingerprint density at radius 1 is 1.25 bits per heavy atom. The van der Waals surface area contributed by atoms with Gasteiger partial charge in [-0.1, -0.05) is 0 Å². The number of ether oxygens (including phenoxy) is 3. The molecule has 2 N–H and O–H groups in total. The molecule has 36 heavy (non-hydrogen) atoms. The van der Waals surface area contributed by atoms with E-state index >= 15 is 0 Å². The average Bonchev–Trinajstić information content (AvgIpc) is 3.29. The van der Waals surface area contributed by atoms with Crippen LogP contribution in [0.3, 0.4) is 0 Å². The van der Waals surface area contributed by atoms with E-state index < -0.39 is 53.7 Å². The lowest BCUT2D eigenvalue weighted by Gasteiger charge is -2.39. The molecule has 0 aliphatic carbocycles. The van der Waals surface area contributed by atoms with Crippen molar-refractivity contribution >= 4 is 52.9 Å². The molecule has 0 aromatic carbocycles. The molecule has 1 fully saturated rings. The van der Waals surface area contributed by atoms with Crippen LogP contribution in [0.2, 0.25) is 0 Å². The summed E-state index contributed by atoms with van der Waals surface area (Å²) in [7, 11) is 0. The molecular formula is C21H32ClN5O8S. The molecular weight excluding hydrogens is 518 g/mol. The van der Waals surface area contributed by atoms with Gasteiger partial charge in [0.1, 0.15) is 11.9 Å². The maximum absolute atomic E-state index is 12.9. The second-order valence-corrected chi connectivity index (χ2v) is 9.83. The number of carbonyl (C=O) groups excluding carboxylic acids is 3. The van der Waals surface area contributed by atoms with Gasteiger partial charge in [0, 0.05) is 38.0 Å². The summed E-state index contributed by atoms with van der Waals surface area (Å²) in [6.45, 7) is 7.83. The minimum Gasteiger partial charge on any atom is -0.480 e. The number of nitrogens with zero attached hydrogens (tertiary/aromatic N) is 4. The molecule has 13 nitrogen and oxygen atoms in total. The summed E-state index contributed by atoms with van der Waals surface area (Å²) in [6, 6.07) is -1.43. The number of carboxylic acids is 1. The summed E-state index contributed by atoms with van der Waals surface area (Å²) in [4.78, 5) is 51.6. The Labute approximate surface area is 218 Å². The smallest absolute Gasteiger partial charge is 0.326 e. The first kappa shape index (κ1) is 29.5. The molecule has 1 aliphatic rings. The first-order valence-corrected chi connectivity index (χ1v) is 12.5. The van der Waals surface area contributed by atoms with Gasteiger partial charge in [-0.05, 0) is 20.8 Å². The molecule has 0 radical (unpaired) electrons. The number of aliphatic carboxylic acids is 1. The van der Waals surface area contributed by atoms with Crippen molar-refractivity contribution < 1.29 is 38.5 Å². The summed E-state index contributed by atoms with van der Waals surface area (Å²) in [5.74, 6) is -3.80. The molecule has 0 saturated carbocycles. The number of amides is 2. The highest BCUT2D eigenvalue weighted by Crippen LogP contribution is 2.27. The zero-order valence-electron chi connectivity index (χ0n) is 20.7. The van der Waals surface area contributed by atoms with Gasteiger partial charge < -0.3 is 34.4 Å². The van der Waals surface area contributed by atoms with Gasteiger partial charge in [0.2, 0.25) is 11.7 Å². The van der Waals surface area contributed by atoms with Crippen molar-refractivity contribution in [3.8, 4) is 5.88 Å². The molecule has 1 saturated heterocycles. The molecule has 15 heteroatoms. The van der Waals surface area contributed by atoms with Gasteiger partial charge in [0.15, 0.2) is 6.61 Å². The van der Waals surface area contributed by atoms with E-state index in [0.717, 1.165) is 11.7 Å². The quantitative estimate of drug-likeness (QED) is 0.274. The van der Waals surface area contributed by atoms with Gasteiger partial charge in [-0.2, -0.15) is 4.37 Å². The SMILES string of the molecule is CC(=O)OCC(=O)N(CC(COc1nsnc1N1CCOCC1)[C@H](NC(=O)CCl)C(=O)O)C(C)(C)C. The number of anilines is 1. The highest BCUT2D eigenvalue weighted by Gasteiger charge is 2.37. The van der Waals surface area contributed by atoms with E-state index in [1.807, 2.05) is 4.90 Å². The van der Waals surface area contributed by atoms with Crippen LogP contribution >= 0.6 is 23.3 Å². The van der Waals surface area contributed by atoms with Crippen molar-refractivity contribution in [2.45, 2.75) is 39.3 Å². The lowest BCUT2D eigenvalue weighted by molar-refractivity contribution is -0.154. The van der Waals surface area contributed by atoms with Crippen LogP contribution < -0.4 is 15.0 Å². The van der Waals surface area contributed by atoms with E-state index in [0.29, 0.717) is 32.1 Å². The predicted octanol–water partition coefficient (Wildman–Crippen LogP) is 0.368. The summed E-state index contributed by atoms with van der Waals surface area (Å²) < 4.78 is 24.6. The second kappa shape index (κ2) is 13.6. The van der Waals surface area contributed by atoms with Gasteiger partial charge in [0.25, 0.3) is 11.8 Å². The fourth-order valence-corrected chi connectivity index (χ4v) is 4.09. The number of aromatic nitrogens is 2. The molecule has 2 atom stereocenters. The number of alkyl halides is 1. The minimum absolute atomic E-state index is 0.131. The van der Waals surface area contributed by atoms with E-state index in [9.17, 15) is 24.3 Å². The molecule has 1 aromatic rings. The molecule has 2 amide bonds. The summed E-state index contributed by atoms with van der Waals surface area (Å²) in [6.07, 6.45) is 0. The molecule has 0 spiro atoms. The summed E-state index contributed by atoms with van der Waals surface area (Å²) in [5, 5.41) is 12.3. The van der Waals surface area contributed by atoms with Crippen LogP contribution in [0.1, 0.15) is 27.7 Å². The molecule has 1 aromatic heterocycles. The predicted molar refractivity (Wildman–Crippen MR) is 130 cm³/mol. The third-order valence-electron chi connectivity index (χ3n) is 5.29. The van der Waals surface area contributed by atoms with Crippen molar-refractivity contribution in [3.63, 3.8) is 0 Å². The van der Waals surface area contributed by atoms with Crippen LogP contribution in [0.25, 0.3) is 0 Å². The van der Waals surface area contributed by atoms with Gasteiger partial charge in [-0.25, -0.2) is 4.79 Å². The molecule has 1 unspecified atom stereocenters. The van der Waals surface area contributed by atoms with Crippen molar-refractivity contribution in [1.82, 2.24) is 19.0 Å². The summed E-state index contributed by atoms with van der Waals surface area (Å²) >= 11 is 6.54. The molecule has 1 aliphatic heterocycles. The van der Waals surface area contributed by atoms with E-state index in [-0.39, 0.29) is 19.0 Å². The Hall–Kier alpha value is -2.71. The van der Waals surface area contributed by atoms with Crippen LogP contribution in [0, 0.1) is 5.92 Å². The minimum atomic E-state index is -1.43. The molecule has 2 rings (SSSR count). The fourth-order valence-electron chi connectivity index (χ4n) is 3.49. The van der Waals surface area contributed by atoms with Gasteiger partial charge in [-0.15, -0.1) is 16.0 Å². The number of halogens is 1. The lowest BCUT2D eigenvalue weighted by atomic mass is 9.96. The largest absolute Gasteiger partial charge is 0.480 e. The average molecular weight is 550 g/mol. The summed E-state index contributed by atoms with van der Waals surface area (Å²) in [5.41, 5.74) is -0.768. The fraction of sp³-hybridized carbons (Fsp3) is 0.714.